The largest absolute Gasteiger partial charge is 0.457 e. The predicted octanol–water partition coefficient (Wildman–Crippen LogP) is 5.36. The van der Waals surface area contributed by atoms with Crippen molar-refractivity contribution in [2.75, 3.05) is 18.4 Å². The Kier molecular flexibility index (Phi) is 7.00. The van der Waals surface area contributed by atoms with Gasteiger partial charge >= 0.3 is 5.97 Å². The van der Waals surface area contributed by atoms with E-state index >= 15 is 0 Å². The quantitative estimate of drug-likeness (QED) is 0.407. The third kappa shape index (κ3) is 5.43. The number of ether oxygens (including phenoxy) is 2. The molecule has 3 aromatic rings. The van der Waals surface area contributed by atoms with Crippen LogP contribution >= 0.6 is 0 Å². The van der Waals surface area contributed by atoms with E-state index in [-0.39, 0.29) is 41.9 Å². The maximum atomic E-state index is 13.7. The molecular weight excluding hydrogens is 511 g/mol. The summed E-state index contributed by atoms with van der Waals surface area (Å²) < 4.78 is 24.2. The highest BCUT2D eigenvalue weighted by molar-refractivity contribution is 5.98. The SMILES string of the molecule is O=C1CC[C@@H](C(=O)N2CCC3(C(=O)Nc4ccc(Oc5ccc(F)cc5)cc4)CC3C(Cc3ccccc3)C2)O1. The van der Waals surface area contributed by atoms with Crippen LogP contribution in [0.15, 0.2) is 78.9 Å². The molecule has 0 bridgehead atoms. The number of cyclic esters (lactones) is 1. The second-order valence-electron chi connectivity index (χ2n) is 11.0. The third-order valence-electron chi connectivity index (χ3n) is 8.41. The van der Waals surface area contributed by atoms with Crippen LogP contribution in [0.5, 0.6) is 11.5 Å². The van der Waals surface area contributed by atoms with Gasteiger partial charge in [0.2, 0.25) is 5.91 Å². The van der Waals surface area contributed by atoms with Gasteiger partial charge in [0.15, 0.2) is 6.10 Å². The third-order valence-corrected chi connectivity index (χ3v) is 8.41. The van der Waals surface area contributed by atoms with Gasteiger partial charge in [0.1, 0.15) is 17.3 Å². The summed E-state index contributed by atoms with van der Waals surface area (Å²) in [5.74, 6) is 0.505. The molecule has 2 aliphatic heterocycles. The minimum absolute atomic E-state index is 0.0376. The molecule has 1 aliphatic carbocycles. The number of nitrogens with one attached hydrogen (secondary N) is 1. The van der Waals surface area contributed by atoms with Crippen LogP contribution in [-0.2, 0) is 25.5 Å². The Hall–Kier alpha value is -4.20. The van der Waals surface area contributed by atoms with E-state index in [1.54, 1.807) is 41.3 Å². The van der Waals surface area contributed by atoms with Gasteiger partial charge in [-0.3, -0.25) is 14.4 Å². The smallest absolute Gasteiger partial charge is 0.306 e. The molecule has 0 aromatic heterocycles. The maximum Gasteiger partial charge on any atom is 0.306 e. The standard InChI is InChI=1S/C32H31FN2O5/c33-23-6-10-25(11-7-23)39-26-12-8-24(9-13-26)34-31(38)32-16-17-35(30(37)28-14-15-29(36)40-28)20-22(27(32)19-32)18-21-4-2-1-3-5-21/h1-13,22,27-28H,14-20H2,(H,34,38)/t22?,27?,28-,32?/m0/s1. The van der Waals surface area contributed by atoms with Gasteiger partial charge in [0.25, 0.3) is 5.91 Å². The number of hydrogen-bond acceptors (Lipinski definition) is 5. The summed E-state index contributed by atoms with van der Waals surface area (Å²) in [6.45, 7) is 0.990. The number of benzene rings is 3. The summed E-state index contributed by atoms with van der Waals surface area (Å²) in [5, 5.41) is 3.09. The van der Waals surface area contributed by atoms with Crippen molar-refractivity contribution in [3.63, 3.8) is 0 Å². The number of nitrogens with zero attached hydrogens (tertiary/aromatic N) is 1. The number of rotatable bonds is 7. The molecule has 6 rings (SSSR count). The van der Waals surface area contributed by atoms with Crippen LogP contribution in [0.2, 0.25) is 0 Å². The van der Waals surface area contributed by atoms with Crippen molar-refractivity contribution in [1.29, 1.82) is 0 Å². The van der Waals surface area contributed by atoms with E-state index in [1.807, 2.05) is 18.2 Å². The fraction of sp³-hybridized carbons (Fsp3) is 0.344. The second-order valence-corrected chi connectivity index (χ2v) is 11.0. The van der Waals surface area contributed by atoms with Crippen molar-refractivity contribution in [1.82, 2.24) is 4.90 Å². The second kappa shape index (κ2) is 10.8. The first kappa shape index (κ1) is 26.0. The van der Waals surface area contributed by atoms with Crippen molar-refractivity contribution < 1.29 is 28.2 Å². The summed E-state index contributed by atoms with van der Waals surface area (Å²) >= 11 is 0. The van der Waals surface area contributed by atoms with E-state index in [2.05, 4.69) is 17.4 Å². The Morgan fingerprint density at radius 1 is 1.00 bits per heavy atom. The summed E-state index contributed by atoms with van der Waals surface area (Å²) in [5.41, 5.74) is 1.28. The van der Waals surface area contributed by atoms with Gasteiger partial charge in [-0.25, -0.2) is 4.39 Å². The lowest BCUT2D eigenvalue weighted by Gasteiger charge is -2.27. The lowest BCUT2D eigenvalue weighted by Crippen LogP contribution is -2.42. The van der Waals surface area contributed by atoms with Crippen LogP contribution in [0, 0.1) is 23.1 Å². The molecule has 1 N–H and O–H groups in total. The lowest BCUT2D eigenvalue weighted by atomic mass is 9.88. The fourth-order valence-electron chi connectivity index (χ4n) is 6.18. The summed E-state index contributed by atoms with van der Waals surface area (Å²) in [7, 11) is 0. The monoisotopic (exact) mass is 542 g/mol. The molecule has 2 saturated heterocycles. The molecule has 1 saturated carbocycles. The zero-order valence-electron chi connectivity index (χ0n) is 22.1. The predicted molar refractivity (Wildman–Crippen MR) is 146 cm³/mol. The van der Waals surface area contributed by atoms with E-state index in [9.17, 15) is 18.8 Å². The Balaban J connectivity index is 1.16. The molecule has 40 heavy (non-hydrogen) atoms. The first-order chi connectivity index (χ1) is 19.4. The molecule has 3 unspecified atom stereocenters. The average molecular weight is 543 g/mol. The molecule has 7 nitrogen and oxygen atoms in total. The normalized spacial score (nSPS) is 25.4. The Labute approximate surface area is 232 Å². The van der Waals surface area contributed by atoms with E-state index in [1.165, 1.54) is 17.7 Å². The molecule has 0 radical (unpaired) electrons. The molecule has 2 amide bonds. The topological polar surface area (TPSA) is 84.9 Å². The fourth-order valence-corrected chi connectivity index (χ4v) is 6.18. The van der Waals surface area contributed by atoms with Crippen molar-refractivity contribution >= 4 is 23.5 Å². The number of amides is 2. The summed E-state index contributed by atoms with van der Waals surface area (Å²) in [6, 6.07) is 23.0. The summed E-state index contributed by atoms with van der Waals surface area (Å²) in [4.78, 5) is 40.4. The first-order valence-corrected chi connectivity index (χ1v) is 13.8. The molecule has 3 fully saturated rings. The number of likely N-dealkylation sites (tertiary alicyclic amines) is 1. The van der Waals surface area contributed by atoms with Crippen LogP contribution in [0.4, 0.5) is 10.1 Å². The zero-order chi connectivity index (χ0) is 27.7. The van der Waals surface area contributed by atoms with Crippen molar-refractivity contribution in [3.8, 4) is 11.5 Å². The number of fused-ring (bicyclic) bond motifs is 1. The van der Waals surface area contributed by atoms with Crippen molar-refractivity contribution in [2.45, 2.75) is 38.2 Å². The van der Waals surface area contributed by atoms with Gasteiger partial charge in [0.05, 0.1) is 5.41 Å². The van der Waals surface area contributed by atoms with Gasteiger partial charge < -0.3 is 19.7 Å². The molecule has 2 heterocycles. The number of carbonyl (C=O) groups is 3. The van der Waals surface area contributed by atoms with Gasteiger partial charge in [-0.2, -0.15) is 0 Å². The molecule has 0 spiro atoms. The van der Waals surface area contributed by atoms with Gasteiger partial charge in [0, 0.05) is 31.6 Å². The van der Waals surface area contributed by atoms with E-state index in [4.69, 9.17) is 9.47 Å². The van der Waals surface area contributed by atoms with Crippen LogP contribution in [0.25, 0.3) is 0 Å². The van der Waals surface area contributed by atoms with Crippen molar-refractivity contribution in [2.24, 2.45) is 17.3 Å². The van der Waals surface area contributed by atoms with Crippen LogP contribution < -0.4 is 10.1 Å². The first-order valence-electron chi connectivity index (χ1n) is 13.8. The minimum Gasteiger partial charge on any atom is -0.457 e. The Bertz CT molecular complexity index is 1400. The number of carbonyl (C=O) groups excluding carboxylic acids is 3. The zero-order valence-corrected chi connectivity index (χ0v) is 22.1. The molecule has 3 aromatic carbocycles. The highest BCUT2D eigenvalue weighted by Crippen LogP contribution is 2.61. The molecular formula is C32H31FN2O5. The van der Waals surface area contributed by atoms with Crippen molar-refractivity contribution in [3.05, 3.63) is 90.2 Å². The van der Waals surface area contributed by atoms with E-state index in [0.717, 1.165) is 12.8 Å². The number of anilines is 1. The Morgan fingerprint density at radius 2 is 1.70 bits per heavy atom. The molecule has 206 valence electrons. The highest BCUT2D eigenvalue weighted by atomic mass is 19.1. The van der Waals surface area contributed by atoms with E-state index < -0.39 is 11.5 Å². The minimum atomic E-state index is -0.722. The van der Waals surface area contributed by atoms with E-state index in [0.29, 0.717) is 43.1 Å². The lowest BCUT2D eigenvalue weighted by molar-refractivity contribution is -0.153. The van der Waals surface area contributed by atoms with Gasteiger partial charge in [-0.1, -0.05) is 30.3 Å². The average Bonchev–Trinajstić information content (AvgIpc) is 3.59. The van der Waals surface area contributed by atoms with Crippen LogP contribution in [-0.4, -0.2) is 41.9 Å². The maximum absolute atomic E-state index is 13.7. The summed E-state index contributed by atoms with van der Waals surface area (Å²) in [6.07, 6.45) is 2.06. The Morgan fingerprint density at radius 3 is 2.38 bits per heavy atom. The van der Waals surface area contributed by atoms with Gasteiger partial charge in [-0.15, -0.1) is 0 Å². The number of halogens is 1. The van der Waals surface area contributed by atoms with Crippen LogP contribution in [0.3, 0.4) is 0 Å². The van der Waals surface area contributed by atoms with Gasteiger partial charge in [-0.05, 0) is 85.2 Å². The molecule has 4 atom stereocenters. The number of hydrogen-bond donors (Lipinski definition) is 1. The highest BCUT2D eigenvalue weighted by Gasteiger charge is 2.63. The number of esters is 1. The molecule has 3 aliphatic rings. The molecule has 8 heteroatoms. The van der Waals surface area contributed by atoms with Crippen LogP contribution in [0.1, 0.15) is 31.2 Å².